The second-order valence-corrected chi connectivity index (χ2v) is 5.75. The maximum absolute atomic E-state index is 5.86. The van der Waals surface area contributed by atoms with Crippen LogP contribution in [0.1, 0.15) is 37.8 Å². The van der Waals surface area contributed by atoms with Crippen LogP contribution in [0.5, 0.6) is 5.75 Å². The third-order valence-corrected chi connectivity index (χ3v) is 4.29. The first-order valence-corrected chi connectivity index (χ1v) is 7.53. The molecular weight excluding hydrogens is 254 g/mol. The van der Waals surface area contributed by atoms with E-state index >= 15 is 0 Å². The molecule has 2 aliphatic rings. The lowest BCUT2D eigenvalue weighted by Crippen LogP contribution is -2.38. The fourth-order valence-electron chi connectivity index (χ4n) is 2.74. The van der Waals surface area contributed by atoms with Gasteiger partial charge in [0.2, 0.25) is 0 Å². The molecule has 0 N–H and O–H groups in total. The second kappa shape index (κ2) is 6.10. The molecule has 20 heavy (non-hydrogen) atoms. The molecule has 0 spiro atoms. The van der Waals surface area contributed by atoms with Crippen LogP contribution in [0.15, 0.2) is 18.3 Å². The van der Waals surface area contributed by atoms with E-state index in [-0.39, 0.29) is 0 Å². The molecule has 1 heterocycles. The lowest BCUT2D eigenvalue weighted by Gasteiger charge is -2.34. The molecular formula is C16H23NO3. The second-order valence-electron chi connectivity index (χ2n) is 5.75. The van der Waals surface area contributed by atoms with Crippen molar-refractivity contribution in [2.45, 2.75) is 44.3 Å². The summed E-state index contributed by atoms with van der Waals surface area (Å²) in [4.78, 5) is 4.54. The van der Waals surface area contributed by atoms with Gasteiger partial charge in [0.1, 0.15) is 11.9 Å². The Morgan fingerprint density at radius 3 is 2.70 bits per heavy atom. The molecule has 110 valence electrons. The number of hydrogen-bond donors (Lipinski definition) is 0. The molecule has 0 aromatic carbocycles. The van der Waals surface area contributed by atoms with Gasteiger partial charge in [-0.05, 0) is 31.4 Å². The van der Waals surface area contributed by atoms with Crippen molar-refractivity contribution in [3.05, 3.63) is 24.0 Å². The predicted molar refractivity (Wildman–Crippen MR) is 76.0 cm³/mol. The van der Waals surface area contributed by atoms with Gasteiger partial charge in [-0.1, -0.05) is 0 Å². The fraction of sp³-hybridized carbons (Fsp3) is 0.688. The van der Waals surface area contributed by atoms with Crippen LogP contribution in [0.25, 0.3) is 0 Å². The number of pyridine rings is 1. The number of nitrogens with zero attached hydrogens (tertiary/aromatic N) is 1. The van der Waals surface area contributed by atoms with Gasteiger partial charge in [0.25, 0.3) is 0 Å². The Morgan fingerprint density at radius 1 is 1.20 bits per heavy atom. The van der Waals surface area contributed by atoms with Crippen LogP contribution in [0.3, 0.4) is 0 Å². The first kappa shape index (κ1) is 13.8. The zero-order valence-electron chi connectivity index (χ0n) is 12.2. The Balaban J connectivity index is 1.46. The maximum Gasteiger partial charge on any atom is 0.138 e. The number of ether oxygens (including phenoxy) is 3. The molecule has 4 heteroatoms. The van der Waals surface area contributed by atoms with Gasteiger partial charge in [-0.25, -0.2) is 0 Å². The SMILES string of the molecule is CCOC[C@@H]1C[C@H]1c1ccc(O[C@H]2C[C@H](OC)C2)cn1. The van der Waals surface area contributed by atoms with E-state index in [4.69, 9.17) is 14.2 Å². The molecule has 0 amide bonds. The van der Waals surface area contributed by atoms with Crippen molar-refractivity contribution >= 4 is 0 Å². The van der Waals surface area contributed by atoms with Gasteiger partial charge < -0.3 is 14.2 Å². The Labute approximate surface area is 120 Å². The maximum atomic E-state index is 5.86. The van der Waals surface area contributed by atoms with E-state index in [1.54, 1.807) is 7.11 Å². The molecule has 2 atom stereocenters. The summed E-state index contributed by atoms with van der Waals surface area (Å²) >= 11 is 0. The largest absolute Gasteiger partial charge is 0.489 e. The van der Waals surface area contributed by atoms with Gasteiger partial charge >= 0.3 is 0 Å². The van der Waals surface area contributed by atoms with Crippen LogP contribution in [0.4, 0.5) is 0 Å². The third-order valence-electron chi connectivity index (χ3n) is 4.29. The molecule has 1 aromatic rings. The van der Waals surface area contributed by atoms with E-state index in [1.165, 1.54) is 12.1 Å². The van der Waals surface area contributed by atoms with Crippen LogP contribution < -0.4 is 4.74 Å². The Morgan fingerprint density at radius 2 is 2.05 bits per heavy atom. The van der Waals surface area contributed by atoms with Gasteiger partial charge in [-0.3, -0.25) is 4.98 Å². The normalized spacial score (nSPS) is 31.7. The highest BCUT2D eigenvalue weighted by Crippen LogP contribution is 2.46. The van der Waals surface area contributed by atoms with Gasteiger partial charge in [0, 0.05) is 38.2 Å². The van der Waals surface area contributed by atoms with Crippen LogP contribution in [-0.4, -0.2) is 37.5 Å². The van der Waals surface area contributed by atoms with E-state index in [0.717, 1.165) is 31.8 Å². The summed E-state index contributed by atoms with van der Waals surface area (Å²) < 4.78 is 16.6. The van der Waals surface area contributed by atoms with E-state index in [2.05, 4.69) is 11.1 Å². The van der Waals surface area contributed by atoms with Gasteiger partial charge in [0.05, 0.1) is 18.9 Å². The molecule has 3 rings (SSSR count). The van der Waals surface area contributed by atoms with Gasteiger partial charge in [-0.15, -0.1) is 0 Å². The number of methoxy groups -OCH3 is 1. The first-order chi connectivity index (χ1) is 9.80. The molecule has 1 aromatic heterocycles. The van der Waals surface area contributed by atoms with E-state index in [0.29, 0.717) is 24.0 Å². The molecule has 2 saturated carbocycles. The summed E-state index contributed by atoms with van der Waals surface area (Å²) in [7, 11) is 1.76. The minimum absolute atomic E-state index is 0.291. The minimum Gasteiger partial charge on any atom is -0.489 e. The standard InChI is InChI=1S/C16H23NO3/c1-3-19-10-11-6-15(11)16-5-4-12(9-17-16)20-14-7-13(8-14)18-2/h4-5,9,11,13-15H,3,6-8,10H2,1-2H3/t11-,13-,14-,15+/m0/s1. The van der Waals surface area contributed by atoms with Crippen molar-refractivity contribution in [3.8, 4) is 5.75 Å². The molecule has 0 bridgehead atoms. The predicted octanol–water partition coefficient (Wildman–Crippen LogP) is 2.78. The summed E-state index contributed by atoms with van der Waals surface area (Å²) in [5.41, 5.74) is 1.17. The van der Waals surface area contributed by atoms with E-state index in [1.807, 2.05) is 19.2 Å². The van der Waals surface area contributed by atoms with Crippen molar-refractivity contribution in [1.29, 1.82) is 0 Å². The molecule has 0 radical (unpaired) electrons. The smallest absolute Gasteiger partial charge is 0.138 e. The zero-order chi connectivity index (χ0) is 13.9. The molecule has 2 fully saturated rings. The van der Waals surface area contributed by atoms with Crippen molar-refractivity contribution in [2.24, 2.45) is 5.92 Å². The quantitative estimate of drug-likeness (QED) is 0.768. The van der Waals surface area contributed by atoms with Crippen molar-refractivity contribution in [3.63, 3.8) is 0 Å². The molecule has 4 nitrogen and oxygen atoms in total. The summed E-state index contributed by atoms with van der Waals surface area (Å²) in [6, 6.07) is 4.14. The number of aromatic nitrogens is 1. The topological polar surface area (TPSA) is 40.6 Å². The number of hydrogen-bond acceptors (Lipinski definition) is 4. The monoisotopic (exact) mass is 277 g/mol. The third kappa shape index (κ3) is 3.13. The zero-order valence-corrected chi connectivity index (χ0v) is 12.2. The lowest BCUT2D eigenvalue weighted by atomic mass is 9.92. The summed E-state index contributed by atoms with van der Waals surface area (Å²) in [5.74, 6) is 2.11. The minimum atomic E-state index is 0.291. The summed E-state index contributed by atoms with van der Waals surface area (Å²) in [5, 5.41) is 0. The van der Waals surface area contributed by atoms with Crippen molar-refractivity contribution in [1.82, 2.24) is 4.98 Å². The van der Waals surface area contributed by atoms with Gasteiger partial charge in [-0.2, -0.15) is 0 Å². The summed E-state index contributed by atoms with van der Waals surface area (Å²) in [6.07, 6.45) is 5.68. The van der Waals surface area contributed by atoms with Gasteiger partial charge in [0.15, 0.2) is 0 Å². The highest BCUT2D eigenvalue weighted by Gasteiger charge is 2.39. The van der Waals surface area contributed by atoms with Crippen LogP contribution >= 0.6 is 0 Å². The summed E-state index contributed by atoms with van der Waals surface area (Å²) in [6.45, 7) is 3.70. The van der Waals surface area contributed by atoms with Crippen molar-refractivity contribution < 1.29 is 14.2 Å². The Bertz CT molecular complexity index is 428. The van der Waals surface area contributed by atoms with Crippen LogP contribution in [0.2, 0.25) is 0 Å². The highest BCUT2D eigenvalue weighted by molar-refractivity contribution is 5.25. The highest BCUT2D eigenvalue weighted by atomic mass is 16.5. The Kier molecular flexibility index (Phi) is 4.22. The first-order valence-electron chi connectivity index (χ1n) is 7.53. The Hall–Kier alpha value is -1.13. The van der Waals surface area contributed by atoms with E-state index in [9.17, 15) is 0 Å². The van der Waals surface area contributed by atoms with Crippen molar-refractivity contribution in [2.75, 3.05) is 20.3 Å². The van der Waals surface area contributed by atoms with Crippen LogP contribution in [0, 0.1) is 5.92 Å². The average molecular weight is 277 g/mol. The average Bonchev–Trinajstić information content (AvgIpc) is 3.20. The molecule has 2 aliphatic carbocycles. The fourth-order valence-corrected chi connectivity index (χ4v) is 2.74. The lowest BCUT2D eigenvalue weighted by molar-refractivity contribution is -0.0382. The molecule has 0 unspecified atom stereocenters. The van der Waals surface area contributed by atoms with E-state index < -0.39 is 0 Å². The van der Waals surface area contributed by atoms with Crippen LogP contribution in [-0.2, 0) is 9.47 Å². The number of rotatable bonds is 7. The molecule has 0 aliphatic heterocycles. The molecule has 0 saturated heterocycles.